The number of hydrogen-bond donors (Lipinski definition) is 2. The van der Waals surface area contributed by atoms with E-state index in [1.54, 1.807) is 6.20 Å². The molecule has 2 N–H and O–H groups in total. The molecule has 0 unspecified atom stereocenters. The molecule has 0 saturated carbocycles. The molecule has 3 aromatic rings. The Bertz CT molecular complexity index is 773. The fourth-order valence-corrected chi connectivity index (χ4v) is 2.76. The molecule has 1 amide bonds. The molecule has 1 saturated heterocycles. The minimum absolute atomic E-state index is 0.0538. The lowest BCUT2D eigenvalue weighted by atomic mass is 10.1. The first-order chi connectivity index (χ1) is 10.8. The highest BCUT2D eigenvalue weighted by molar-refractivity contribution is 5.98. The van der Waals surface area contributed by atoms with E-state index in [1.807, 2.05) is 48.5 Å². The summed E-state index contributed by atoms with van der Waals surface area (Å²) in [7, 11) is 0. The van der Waals surface area contributed by atoms with Gasteiger partial charge in [0.15, 0.2) is 0 Å². The maximum atomic E-state index is 12.3. The predicted octanol–water partition coefficient (Wildman–Crippen LogP) is 2.18. The molecule has 3 heterocycles. The third kappa shape index (κ3) is 2.30. The molecule has 1 fully saturated rings. The number of aromatic nitrogens is 2. The van der Waals surface area contributed by atoms with Crippen molar-refractivity contribution < 1.29 is 4.79 Å². The highest BCUT2D eigenvalue weighted by atomic mass is 16.2. The number of benzene rings is 1. The van der Waals surface area contributed by atoms with Crippen molar-refractivity contribution >= 4 is 22.6 Å². The van der Waals surface area contributed by atoms with Gasteiger partial charge in [0, 0.05) is 30.2 Å². The summed E-state index contributed by atoms with van der Waals surface area (Å²) in [5.74, 6) is 0.903. The quantitative estimate of drug-likeness (QED) is 0.778. The summed E-state index contributed by atoms with van der Waals surface area (Å²) in [6, 6.07) is 15.8. The Hall–Kier alpha value is -2.82. The zero-order valence-corrected chi connectivity index (χ0v) is 12.0. The van der Waals surface area contributed by atoms with Crippen molar-refractivity contribution in [2.45, 2.75) is 6.04 Å². The van der Waals surface area contributed by atoms with E-state index in [9.17, 15) is 4.79 Å². The normalized spacial score (nSPS) is 14.8. The Morgan fingerprint density at radius 2 is 2.00 bits per heavy atom. The van der Waals surface area contributed by atoms with Crippen LogP contribution in [0.1, 0.15) is 10.5 Å². The van der Waals surface area contributed by atoms with Crippen molar-refractivity contribution in [1.82, 2.24) is 15.3 Å². The minimum Gasteiger partial charge on any atom is -0.352 e. The van der Waals surface area contributed by atoms with Crippen LogP contribution in [-0.4, -0.2) is 35.0 Å². The molecular formula is C17H16N4O. The number of nitrogens with one attached hydrogen (secondary N) is 2. The zero-order chi connectivity index (χ0) is 14.9. The first kappa shape index (κ1) is 12.9. The van der Waals surface area contributed by atoms with Crippen LogP contribution in [0, 0.1) is 0 Å². The lowest BCUT2D eigenvalue weighted by Gasteiger charge is -2.40. The molecule has 0 aliphatic carbocycles. The van der Waals surface area contributed by atoms with E-state index in [0.29, 0.717) is 5.69 Å². The number of nitrogens with zero attached hydrogens (tertiary/aromatic N) is 2. The molecule has 2 aromatic heterocycles. The van der Waals surface area contributed by atoms with Crippen molar-refractivity contribution in [3.05, 3.63) is 60.4 Å². The summed E-state index contributed by atoms with van der Waals surface area (Å²) in [5, 5.41) is 4.11. The number of H-pyrrole nitrogens is 1. The van der Waals surface area contributed by atoms with Gasteiger partial charge in [0.1, 0.15) is 11.5 Å². The second-order valence-corrected chi connectivity index (χ2v) is 5.53. The second kappa shape index (κ2) is 5.18. The smallest absolute Gasteiger partial charge is 0.268 e. The molecule has 0 atom stereocenters. The first-order valence-electron chi connectivity index (χ1n) is 7.34. The summed E-state index contributed by atoms with van der Waals surface area (Å²) in [6.07, 6.45) is 1.78. The monoisotopic (exact) mass is 292 g/mol. The maximum absolute atomic E-state index is 12.3. The van der Waals surface area contributed by atoms with Gasteiger partial charge >= 0.3 is 0 Å². The van der Waals surface area contributed by atoms with E-state index >= 15 is 0 Å². The second-order valence-electron chi connectivity index (χ2n) is 5.53. The van der Waals surface area contributed by atoms with Gasteiger partial charge in [-0.15, -0.1) is 0 Å². The van der Waals surface area contributed by atoms with Gasteiger partial charge in [-0.05, 0) is 24.3 Å². The van der Waals surface area contributed by atoms with Crippen molar-refractivity contribution in [3.8, 4) is 0 Å². The number of amides is 1. The first-order valence-corrected chi connectivity index (χ1v) is 7.34. The van der Waals surface area contributed by atoms with Crippen LogP contribution in [0.5, 0.6) is 0 Å². The Morgan fingerprint density at radius 1 is 1.18 bits per heavy atom. The molecule has 22 heavy (non-hydrogen) atoms. The van der Waals surface area contributed by atoms with Gasteiger partial charge in [-0.2, -0.15) is 0 Å². The van der Waals surface area contributed by atoms with Crippen LogP contribution in [-0.2, 0) is 0 Å². The average molecular weight is 292 g/mol. The summed E-state index contributed by atoms with van der Waals surface area (Å²) in [6.45, 7) is 1.59. The molecule has 0 bridgehead atoms. The van der Waals surface area contributed by atoms with E-state index in [2.05, 4.69) is 20.2 Å². The Labute approximate surface area is 128 Å². The summed E-state index contributed by atoms with van der Waals surface area (Å²) in [5.41, 5.74) is 1.59. The molecule has 1 aromatic carbocycles. The van der Waals surface area contributed by atoms with Gasteiger partial charge in [0.05, 0.1) is 6.04 Å². The summed E-state index contributed by atoms with van der Waals surface area (Å²) in [4.78, 5) is 21.9. The van der Waals surface area contributed by atoms with Gasteiger partial charge in [-0.1, -0.05) is 24.3 Å². The lowest BCUT2D eigenvalue weighted by molar-refractivity contribution is 0.0926. The van der Waals surface area contributed by atoms with E-state index < -0.39 is 0 Å². The molecule has 1 aliphatic rings. The van der Waals surface area contributed by atoms with Crippen LogP contribution < -0.4 is 10.2 Å². The highest BCUT2D eigenvalue weighted by Crippen LogP contribution is 2.18. The Morgan fingerprint density at radius 3 is 2.77 bits per heavy atom. The summed E-state index contributed by atoms with van der Waals surface area (Å²) < 4.78 is 0. The topological polar surface area (TPSA) is 61.0 Å². The van der Waals surface area contributed by atoms with Crippen LogP contribution in [0.3, 0.4) is 0 Å². The standard InChI is InChI=1S/C17H16N4O/c22-17(15-9-12-5-1-2-6-14(12)20-15)19-13-10-21(11-13)16-7-3-4-8-18-16/h1-9,13,20H,10-11H2,(H,19,22). The molecule has 0 spiro atoms. The molecule has 5 heteroatoms. The number of rotatable bonds is 3. The maximum Gasteiger partial charge on any atom is 0.268 e. The molecule has 110 valence electrons. The molecule has 4 rings (SSSR count). The fourth-order valence-electron chi connectivity index (χ4n) is 2.76. The molecule has 5 nitrogen and oxygen atoms in total. The van der Waals surface area contributed by atoms with E-state index in [0.717, 1.165) is 29.8 Å². The van der Waals surface area contributed by atoms with Crippen molar-refractivity contribution in [2.24, 2.45) is 0 Å². The van der Waals surface area contributed by atoms with Crippen LogP contribution in [0.2, 0.25) is 0 Å². The number of anilines is 1. The van der Waals surface area contributed by atoms with Crippen LogP contribution >= 0.6 is 0 Å². The lowest BCUT2D eigenvalue weighted by Crippen LogP contribution is -2.59. The minimum atomic E-state index is -0.0538. The third-order valence-electron chi connectivity index (χ3n) is 3.96. The van der Waals surface area contributed by atoms with Gasteiger partial charge < -0.3 is 15.2 Å². The van der Waals surface area contributed by atoms with Gasteiger partial charge in [-0.25, -0.2) is 4.98 Å². The Kier molecular flexibility index (Phi) is 3.04. The number of aromatic amines is 1. The van der Waals surface area contributed by atoms with E-state index in [-0.39, 0.29) is 11.9 Å². The number of carbonyl (C=O) groups is 1. The largest absolute Gasteiger partial charge is 0.352 e. The van der Waals surface area contributed by atoms with Crippen molar-refractivity contribution in [1.29, 1.82) is 0 Å². The SMILES string of the molecule is O=C(NC1CN(c2ccccn2)C1)c1cc2ccccc2[nH]1. The van der Waals surface area contributed by atoms with E-state index in [1.165, 1.54) is 0 Å². The Balaban J connectivity index is 1.39. The summed E-state index contributed by atoms with van der Waals surface area (Å²) >= 11 is 0. The van der Waals surface area contributed by atoms with Crippen molar-refractivity contribution in [2.75, 3.05) is 18.0 Å². The average Bonchev–Trinajstić information content (AvgIpc) is 2.95. The predicted molar refractivity (Wildman–Crippen MR) is 86.0 cm³/mol. The van der Waals surface area contributed by atoms with Crippen LogP contribution in [0.4, 0.5) is 5.82 Å². The third-order valence-corrected chi connectivity index (χ3v) is 3.96. The molecular weight excluding hydrogens is 276 g/mol. The molecule has 0 radical (unpaired) electrons. The van der Waals surface area contributed by atoms with Gasteiger partial charge in [0.25, 0.3) is 5.91 Å². The number of para-hydroxylation sites is 1. The van der Waals surface area contributed by atoms with Crippen LogP contribution in [0.25, 0.3) is 10.9 Å². The number of pyridine rings is 1. The number of carbonyl (C=O) groups excluding carboxylic acids is 1. The highest BCUT2D eigenvalue weighted by Gasteiger charge is 2.29. The van der Waals surface area contributed by atoms with Gasteiger partial charge in [-0.3, -0.25) is 4.79 Å². The number of hydrogen-bond acceptors (Lipinski definition) is 3. The molecule has 1 aliphatic heterocycles. The van der Waals surface area contributed by atoms with Crippen LogP contribution in [0.15, 0.2) is 54.7 Å². The fraction of sp³-hybridized carbons (Fsp3) is 0.176. The van der Waals surface area contributed by atoms with Crippen molar-refractivity contribution in [3.63, 3.8) is 0 Å². The number of fused-ring (bicyclic) bond motifs is 1. The van der Waals surface area contributed by atoms with E-state index in [4.69, 9.17) is 0 Å². The zero-order valence-electron chi connectivity index (χ0n) is 12.0. The van der Waals surface area contributed by atoms with Gasteiger partial charge in [0.2, 0.25) is 0 Å².